The van der Waals surface area contributed by atoms with Crippen molar-refractivity contribution in [1.82, 2.24) is 15.8 Å². The van der Waals surface area contributed by atoms with Crippen LogP contribution in [0.25, 0.3) is 0 Å². The Balaban J connectivity index is 2.12. The second-order valence-electron chi connectivity index (χ2n) is 3.39. The van der Waals surface area contributed by atoms with Crippen molar-refractivity contribution in [2.24, 2.45) is 0 Å². The van der Waals surface area contributed by atoms with Gasteiger partial charge in [-0.15, -0.1) is 0 Å². The average Bonchev–Trinajstić information content (AvgIpc) is 2.46. The van der Waals surface area contributed by atoms with Crippen molar-refractivity contribution in [3.8, 4) is 0 Å². The summed E-state index contributed by atoms with van der Waals surface area (Å²) in [7, 11) is 1.96. The van der Waals surface area contributed by atoms with Crippen LogP contribution in [0.2, 0.25) is 0 Å². The molecule has 1 aliphatic heterocycles. The Labute approximate surface area is 72.1 Å². The fourth-order valence-electron chi connectivity index (χ4n) is 1.90. The van der Waals surface area contributed by atoms with Gasteiger partial charge in [-0.3, -0.25) is 5.01 Å². The zero-order valence-corrected chi connectivity index (χ0v) is 7.50. The zero-order valence-electron chi connectivity index (χ0n) is 6.68. The Bertz CT molecular complexity index is 186. The van der Waals surface area contributed by atoms with Gasteiger partial charge >= 0.3 is 0 Å². The van der Waals surface area contributed by atoms with E-state index in [1.165, 1.54) is 25.7 Å². The number of thiocarbonyl (C=S) groups is 1. The van der Waals surface area contributed by atoms with E-state index >= 15 is 0 Å². The van der Waals surface area contributed by atoms with Crippen LogP contribution in [0.3, 0.4) is 0 Å². The molecular weight excluding hydrogens is 158 g/mol. The number of nitrogens with zero attached hydrogens (tertiary/aromatic N) is 1. The van der Waals surface area contributed by atoms with Crippen LogP contribution in [-0.2, 0) is 0 Å². The van der Waals surface area contributed by atoms with E-state index in [9.17, 15) is 0 Å². The Morgan fingerprint density at radius 3 is 2.55 bits per heavy atom. The highest BCUT2D eigenvalue weighted by molar-refractivity contribution is 7.80. The van der Waals surface area contributed by atoms with Crippen molar-refractivity contribution in [2.75, 3.05) is 7.05 Å². The van der Waals surface area contributed by atoms with Gasteiger partial charge < -0.3 is 5.32 Å². The molecule has 0 amide bonds. The molecule has 1 spiro atoms. The SMILES string of the molecule is CN1NC2(CCCC2)NC1=S. The molecule has 4 heteroatoms. The third-order valence-corrected chi connectivity index (χ3v) is 2.87. The van der Waals surface area contributed by atoms with Crippen molar-refractivity contribution in [3.63, 3.8) is 0 Å². The van der Waals surface area contributed by atoms with Crippen LogP contribution < -0.4 is 10.7 Å². The molecule has 11 heavy (non-hydrogen) atoms. The molecule has 1 aliphatic carbocycles. The van der Waals surface area contributed by atoms with Gasteiger partial charge in [-0.25, -0.2) is 5.43 Å². The maximum Gasteiger partial charge on any atom is 0.184 e. The summed E-state index contributed by atoms with van der Waals surface area (Å²) in [4.78, 5) is 0. The van der Waals surface area contributed by atoms with Crippen molar-refractivity contribution in [2.45, 2.75) is 31.3 Å². The maximum atomic E-state index is 5.10. The van der Waals surface area contributed by atoms with Crippen LogP contribution in [0.1, 0.15) is 25.7 Å². The fourth-order valence-corrected chi connectivity index (χ4v) is 2.14. The average molecular weight is 171 g/mol. The molecule has 1 saturated heterocycles. The summed E-state index contributed by atoms with van der Waals surface area (Å²) in [5, 5.41) is 6.05. The van der Waals surface area contributed by atoms with Crippen LogP contribution in [0.4, 0.5) is 0 Å². The van der Waals surface area contributed by atoms with E-state index in [0.717, 1.165) is 5.11 Å². The van der Waals surface area contributed by atoms with Crippen LogP contribution >= 0.6 is 12.2 Å². The van der Waals surface area contributed by atoms with Gasteiger partial charge in [-0.05, 0) is 37.9 Å². The molecule has 0 bridgehead atoms. The molecule has 0 radical (unpaired) electrons. The summed E-state index contributed by atoms with van der Waals surface area (Å²) in [6.45, 7) is 0. The molecule has 0 atom stereocenters. The summed E-state index contributed by atoms with van der Waals surface area (Å²) in [6, 6.07) is 0. The monoisotopic (exact) mass is 171 g/mol. The van der Waals surface area contributed by atoms with Gasteiger partial charge in [-0.2, -0.15) is 0 Å². The van der Waals surface area contributed by atoms with Gasteiger partial charge in [0.05, 0.1) is 0 Å². The first-order valence-electron chi connectivity index (χ1n) is 4.06. The van der Waals surface area contributed by atoms with Crippen molar-refractivity contribution in [3.05, 3.63) is 0 Å². The van der Waals surface area contributed by atoms with Gasteiger partial charge in [0.25, 0.3) is 0 Å². The Kier molecular flexibility index (Phi) is 1.54. The van der Waals surface area contributed by atoms with E-state index in [2.05, 4.69) is 10.7 Å². The molecule has 3 nitrogen and oxygen atoms in total. The maximum absolute atomic E-state index is 5.10. The lowest BCUT2D eigenvalue weighted by Crippen LogP contribution is -2.48. The van der Waals surface area contributed by atoms with E-state index in [1.807, 2.05) is 12.1 Å². The molecule has 2 N–H and O–H groups in total. The molecule has 0 aromatic rings. The lowest BCUT2D eigenvalue weighted by molar-refractivity contribution is 0.247. The summed E-state index contributed by atoms with van der Waals surface area (Å²) < 4.78 is 0. The molecule has 0 aromatic carbocycles. The predicted octanol–water partition coefficient (Wildman–Crippen LogP) is 0.581. The molecule has 0 unspecified atom stereocenters. The Morgan fingerprint density at radius 2 is 2.09 bits per heavy atom. The van der Waals surface area contributed by atoms with Gasteiger partial charge in [-0.1, -0.05) is 0 Å². The molecular formula is C7H13N3S. The summed E-state index contributed by atoms with van der Waals surface area (Å²) in [5.74, 6) is 0. The summed E-state index contributed by atoms with van der Waals surface area (Å²) >= 11 is 5.10. The first-order valence-corrected chi connectivity index (χ1v) is 4.46. The van der Waals surface area contributed by atoms with Crippen molar-refractivity contribution in [1.29, 1.82) is 0 Å². The van der Waals surface area contributed by atoms with E-state index in [0.29, 0.717) is 0 Å². The highest BCUT2D eigenvalue weighted by atomic mass is 32.1. The second-order valence-corrected chi connectivity index (χ2v) is 3.78. The van der Waals surface area contributed by atoms with Gasteiger partial charge in [0.15, 0.2) is 5.11 Å². The summed E-state index contributed by atoms with van der Waals surface area (Å²) in [5.41, 5.74) is 3.48. The largest absolute Gasteiger partial charge is 0.342 e. The van der Waals surface area contributed by atoms with E-state index in [-0.39, 0.29) is 5.66 Å². The topological polar surface area (TPSA) is 27.3 Å². The standard InChI is InChI=1S/C7H13N3S/c1-10-6(11)8-7(9-10)4-2-3-5-7/h9H,2-5H2,1H3,(H,8,11). The lowest BCUT2D eigenvalue weighted by atomic mass is 10.1. The lowest BCUT2D eigenvalue weighted by Gasteiger charge is -2.22. The molecule has 2 aliphatic rings. The quantitative estimate of drug-likeness (QED) is 0.521. The fraction of sp³-hybridized carbons (Fsp3) is 0.857. The van der Waals surface area contributed by atoms with E-state index < -0.39 is 0 Å². The predicted molar refractivity (Wildman–Crippen MR) is 47.8 cm³/mol. The molecule has 0 aromatic heterocycles. The minimum Gasteiger partial charge on any atom is -0.342 e. The number of hydrogen-bond donors (Lipinski definition) is 2. The minimum atomic E-state index is 0.117. The molecule has 1 heterocycles. The van der Waals surface area contributed by atoms with Gasteiger partial charge in [0.1, 0.15) is 5.66 Å². The highest BCUT2D eigenvalue weighted by Gasteiger charge is 2.40. The van der Waals surface area contributed by atoms with Crippen LogP contribution in [0.5, 0.6) is 0 Å². The zero-order chi connectivity index (χ0) is 7.90. The number of hydrazine groups is 1. The molecule has 62 valence electrons. The van der Waals surface area contributed by atoms with Crippen molar-refractivity contribution >= 4 is 17.3 Å². The summed E-state index contributed by atoms with van der Waals surface area (Å²) in [6.07, 6.45) is 4.99. The van der Waals surface area contributed by atoms with E-state index in [1.54, 1.807) is 0 Å². The third kappa shape index (κ3) is 1.10. The number of nitrogens with one attached hydrogen (secondary N) is 2. The Morgan fingerprint density at radius 1 is 1.45 bits per heavy atom. The van der Waals surface area contributed by atoms with Gasteiger partial charge in [0, 0.05) is 7.05 Å². The van der Waals surface area contributed by atoms with Crippen LogP contribution in [-0.4, -0.2) is 22.8 Å². The second kappa shape index (κ2) is 2.32. The third-order valence-electron chi connectivity index (χ3n) is 2.49. The minimum absolute atomic E-state index is 0.117. The van der Waals surface area contributed by atoms with Crippen LogP contribution in [0.15, 0.2) is 0 Å². The molecule has 2 rings (SSSR count). The number of hydrogen-bond acceptors (Lipinski definition) is 2. The molecule has 1 saturated carbocycles. The molecule has 2 fully saturated rings. The van der Waals surface area contributed by atoms with Crippen molar-refractivity contribution < 1.29 is 0 Å². The normalized spacial score (nSPS) is 28.1. The first kappa shape index (κ1) is 7.31. The highest BCUT2D eigenvalue weighted by Crippen LogP contribution is 2.29. The Hall–Kier alpha value is -0.350. The first-order chi connectivity index (χ1) is 5.22. The van der Waals surface area contributed by atoms with Gasteiger partial charge in [0.2, 0.25) is 0 Å². The van der Waals surface area contributed by atoms with E-state index in [4.69, 9.17) is 12.2 Å². The van der Waals surface area contributed by atoms with Crippen LogP contribution in [0, 0.1) is 0 Å². The number of rotatable bonds is 0. The smallest absolute Gasteiger partial charge is 0.184 e.